The van der Waals surface area contributed by atoms with E-state index in [0.717, 1.165) is 12.0 Å². The summed E-state index contributed by atoms with van der Waals surface area (Å²) in [6.07, 6.45) is 6.77. The summed E-state index contributed by atoms with van der Waals surface area (Å²) in [6, 6.07) is 0.751. The van der Waals surface area contributed by atoms with Gasteiger partial charge in [-0.25, -0.2) is 0 Å². The van der Waals surface area contributed by atoms with Gasteiger partial charge in [-0.2, -0.15) is 0 Å². The van der Waals surface area contributed by atoms with Gasteiger partial charge < -0.3 is 4.74 Å². The van der Waals surface area contributed by atoms with Gasteiger partial charge in [-0.3, -0.25) is 9.69 Å². The summed E-state index contributed by atoms with van der Waals surface area (Å²) < 4.78 is 5.86. The van der Waals surface area contributed by atoms with Crippen molar-refractivity contribution in [2.45, 2.75) is 58.1 Å². The molecule has 0 radical (unpaired) electrons. The Bertz CT molecular complexity index is 410. The molecular formula is C17H27NO2. The molecule has 3 nitrogen and oxygen atoms in total. The predicted molar refractivity (Wildman–Crippen MR) is 77.1 cm³/mol. The van der Waals surface area contributed by atoms with Gasteiger partial charge in [-0.05, 0) is 50.6 Å². The normalized spacial score (nSPS) is 51.3. The number of rotatable bonds is 1. The van der Waals surface area contributed by atoms with Crippen molar-refractivity contribution in [3.8, 4) is 0 Å². The predicted octanol–water partition coefficient (Wildman–Crippen LogP) is 2.69. The van der Waals surface area contributed by atoms with E-state index >= 15 is 0 Å². The van der Waals surface area contributed by atoms with Crippen LogP contribution in [0.4, 0.5) is 0 Å². The third-order valence-electron chi connectivity index (χ3n) is 6.80. The second-order valence-corrected chi connectivity index (χ2v) is 7.48. The van der Waals surface area contributed by atoms with Crippen LogP contribution < -0.4 is 0 Å². The van der Waals surface area contributed by atoms with Gasteiger partial charge in [0, 0.05) is 17.9 Å². The lowest BCUT2D eigenvalue weighted by Gasteiger charge is -2.48. The second-order valence-electron chi connectivity index (χ2n) is 7.48. The maximum atomic E-state index is 12.1. The van der Waals surface area contributed by atoms with Crippen LogP contribution in [0.5, 0.6) is 0 Å². The highest BCUT2D eigenvalue weighted by Gasteiger charge is 2.60. The van der Waals surface area contributed by atoms with Gasteiger partial charge in [0.25, 0.3) is 0 Å². The van der Waals surface area contributed by atoms with Crippen LogP contribution in [0.1, 0.15) is 46.0 Å². The van der Waals surface area contributed by atoms with Crippen molar-refractivity contribution in [1.29, 1.82) is 0 Å². The van der Waals surface area contributed by atoms with Crippen LogP contribution in [0.25, 0.3) is 0 Å². The lowest BCUT2D eigenvalue weighted by atomic mass is 9.60. The van der Waals surface area contributed by atoms with E-state index in [2.05, 4.69) is 18.7 Å². The molecule has 4 aliphatic rings. The molecule has 3 saturated heterocycles. The maximum absolute atomic E-state index is 12.1. The minimum Gasteiger partial charge on any atom is -0.462 e. The van der Waals surface area contributed by atoms with E-state index in [4.69, 9.17) is 4.74 Å². The molecule has 0 unspecified atom stereocenters. The van der Waals surface area contributed by atoms with Crippen LogP contribution in [-0.2, 0) is 9.53 Å². The zero-order chi connectivity index (χ0) is 13.9. The van der Waals surface area contributed by atoms with Gasteiger partial charge in [0.2, 0.25) is 0 Å². The quantitative estimate of drug-likeness (QED) is 0.690. The van der Waals surface area contributed by atoms with Crippen LogP contribution in [0.2, 0.25) is 0 Å². The van der Waals surface area contributed by atoms with E-state index in [9.17, 15) is 4.79 Å². The first-order valence-electron chi connectivity index (χ1n) is 8.67. The minimum atomic E-state index is 0.0772. The largest absolute Gasteiger partial charge is 0.462 e. The molecular weight excluding hydrogens is 250 g/mol. The molecule has 7 atom stereocenters. The fraction of sp³-hybridized carbons (Fsp3) is 0.941. The molecule has 0 aromatic rings. The van der Waals surface area contributed by atoms with Crippen molar-refractivity contribution in [1.82, 2.24) is 4.90 Å². The summed E-state index contributed by atoms with van der Waals surface area (Å²) in [5.74, 6) is 2.80. The van der Waals surface area contributed by atoms with Crippen LogP contribution in [-0.4, -0.2) is 36.1 Å². The topological polar surface area (TPSA) is 29.5 Å². The number of hydrogen-bond acceptors (Lipinski definition) is 3. The van der Waals surface area contributed by atoms with E-state index < -0.39 is 0 Å². The highest BCUT2D eigenvalue weighted by atomic mass is 16.6. The van der Waals surface area contributed by atoms with Gasteiger partial charge in [0.1, 0.15) is 6.10 Å². The zero-order valence-electron chi connectivity index (χ0n) is 12.8. The average Bonchev–Trinajstić information content (AvgIpc) is 2.89. The molecule has 1 aliphatic carbocycles. The van der Waals surface area contributed by atoms with E-state index in [1.807, 2.05) is 0 Å². The van der Waals surface area contributed by atoms with Gasteiger partial charge in [0.05, 0.1) is 5.92 Å². The molecule has 4 rings (SSSR count). The Morgan fingerprint density at radius 3 is 2.85 bits per heavy atom. The van der Waals surface area contributed by atoms with Crippen molar-refractivity contribution < 1.29 is 9.53 Å². The Hall–Kier alpha value is -0.570. The van der Waals surface area contributed by atoms with Crippen molar-refractivity contribution in [2.75, 3.05) is 13.1 Å². The van der Waals surface area contributed by atoms with Crippen molar-refractivity contribution in [3.05, 3.63) is 0 Å². The third-order valence-corrected chi connectivity index (χ3v) is 6.80. The van der Waals surface area contributed by atoms with E-state index in [1.54, 1.807) is 0 Å². The number of esters is 1. The molecule has 0 aromatic carbocycles. The molecule has 4 fully saturated rings. The second kappa shape index (κ2) is 4.72. The van der Waals surface area contributed by atoms with E-state index in [0.29, 0.717) is 17.8 Å². The summed E-state index contributed by atoms with van der Waals surface area (Å²) in [6.45, 7) is 6.95. The smallest absolute Gasteiger partial charge is 0.309 e. The molecule has 0 bridgehead atoms. The Labute approximate surface area is 122 Å². The third kappa shape index (κ3) is 1.65. The fourth-order valence-corrected chi connectivity index (χ4v) is 6.04. The molecule has 0 aromatic heterocycles. The molecule has 0 N–H and O–H groups in total. The Kier molecular flexibility index (Phi) is 3.10. The summed E-state index contributed by atoms with van der Waals surface area (Å²) in [7, 11) is 0. The van der Waals surface area contributed by atoms with Crippen LogP contribution in [0.15, 0.2) is 0 Å². The van der Waals surface area contributed by atoms with Gasteiger partial charge >= 0.3 is 5.97 Å². The first-order chi connectivity index (χ1) is 9.72. The molecule has 3 heterocycles. The minimum absolute atomic E-state index is 0.0772. The molecule has 112 valence electrons. The van der Waals surface area contributed by atoms with Gasteiger partial charge in [-0.15, -0.1) is 0 Å². The highest BCUT2D eigenvalue weighted by molar-refractivity contribution is 5.75. The van der Waals surface area contributed by atoms with E-state index in [1.165, 1.54) is 45.2 Å². The number of nitrogens with zero attached hydrogens (tertiary/aromatic N) is 1. The van der Waals surface area contributed by atoms with Gasteiger partial charge in [-0.1, -0.05) is 20.3 Å². The lowest BCUT2D eigenvalue weighted by molar-refractivity contribution is -0.148. The highest BCUT2D eigenvalue weighted by Crippen LogP contribution is 2.55. The standard InChI is InChI=1S/C17H27NO2/c1-3-11-12-6-4-5-8-18-9-7-13(15(12)18)14-10(2)17(19)20-16(11)14/h10-16H,3-9H2,1-2H3/t10-,11+,12-,13-,14-,15+,16+/m0/s1. The maximum Gasteiger partial charge on any atom is 0.309 e. The molecule has 20 heavy (non-hydrogen) atoms. The number of fused-ring (bicyclic) bond motifs is 2. The van der Waals surface area contributed by atoms with Gasteiger partial charge in [0.15, 0.2) is 0 Å². The zero-order valence-corrected chi connectivity index (χ0v) is 12.8. The fourth-order valence-electron chi connectivity index (χ4n) is 6.04. The number of carbonyl (C=O) groups excluding carboxylic acids is 1. The Balaban J connectivity index is 1.74. The van der Waals surface area contributed by atoms with E-state index in [-0.39, 0.29) is 18.0 Å². The van der Waals surface area contributed by atoms with Crippen molar-refractivity contribution >= 4 is 5.97 Å². The van der Waals surface area contributed by atoms with Crippen LogP contribution in [0.3, 0.4) is 0 Å². The summed E-state index contributed by atoms with van der Waals surface area (Å²) >= 11 is 0. The molecule has 3 aliphatic heterocycles. The number of ether oxygens (including phenoxy) is 1. The summed E-state index contributed by atoms with van der Waals surface area (Å²) in [5, 5.41) is 0. The lowest BCUT2D eigenvalue weighted by Crippen LogP contribution is -2.53. The number of carbonyl (C=O) groups is 1. The molecule has 0 amide bonds. The Morgan fingerprint density at radius 1 is 1.20 bits per heavy atom. The summed E-state index contributed by atoms with van der Waals surface area (Å²) in [4.78, 5) is 14.9. The van der Waals surface area contributed by atoms with Crippen molar-refractivity contribution in [2.24, 2.45) is 29.6 Å². The Morgan fingerprint density at radius 2 is 2.05 bits per heavy atom. The molecule has 0 spiro atoms. The monoisotopic (exact) mass is 277 g/mol. The SMILES string of the molecule is CC[C@@H]1[C@@H]2CCCCN3CC[C@@H]([C@H]4[C@@H]1OC(=O)[C@H]4C)[C@@H]23. The first kappa shape index (κ1) is 13.1. The van der Waals surface area contributed by atoms with Crippen LogP contribution in [0, 0.1) is 29.6 Å². The molecule has 1 saturated carbocycles. The number of hydrogen-bond donors (Lipinski definition) is 0. The van der Waals surface area contributed by atoms with Crippen LogP contribution >= 0.6 is 0 Å². The first-order valence-corrected chi connectivity index (χ1v) is 8.67. The molecule has 3 heteroatoms. The van der Waals surface area contributed by atoms with Crippen molar-refractivity contribution in [3.63, 3.8) is 0 Å². The summed E-state index contributed by atoms with van der Waals surface area (Å²) in [5.41, 5.74) is 0. The average molecular weight is 277 g/mol.